The molecule has 10 heteroatoms. The van der Waals surface area contributed by atoms with Crippen LogP contribution in [0.25, 0.3) is 0 Å². The predicted molar refractivity (Wildman–Crippen MR) is 117 cm³/mol. The summed E-state index contributed by atoms with van der Waals surface area (Å²) >= 11 is 0. The molecule has 1 heterocycles. The lowest BCUT2D eigenvalue weighted by molar-refractivity contribution is -0.146. The topological polar surface area (TPSA) is 113 Å². The number of anilines is 1. The fourth-order valence-corrected chi connectivity index (χ4v) is 5.18. The number of ether oxygens (including phenoxy) is 2. The molecule has 2 aromatic rings. The van der Waals surface area contributed by atoms with Crippen molar-refractivity contribution < 1.29 is 32.6 Å². The van der Waals surface area contributed by atoms with Gasteiger partial charge < -0.3 is 14.6 Å². The third-order valence-electron chi connectivity index (χ3n) is 5.59. The van der Waals surface area contributed by atoms with E-state index < -0.39 is 22.0 Å². The van der Waals surface area contributed by atoms with Gasteiger partial charge in [-0.3, -0.25) is 14.0 Å². The molecular formula is C22H26N2O7S. The lowest BCUT2D eigenvalue weighted by atomic mass is 10.1. The van der Waals surface area contributed by atoms with Crippen molar-refractivity contribution in [2.75, 3.05) is 32.1 Å². The summed E-state index contributed by atoms with van der Waals surface area (Å²) in [4.78, 5) is 26.0. The third kappa shape index (κ3) is 4.56. The molecule has 2 aromatic carbocycles. The molecule has 0 unspecified atom stereocenters. The number of benzene rings is 2. The predicted octanol–water partition coefficient (Wildman–Crippen LogP) is 2.36. The van der Waals surface area contributed by atoms with E-state index in [0.717, 1.165) is 10.7 Å². The van der Waals surface area contributed by atoms with Crippen molar-refractivity contribution in [3.63, 3.8) is 0 Å². The fourth-order valence-electron chi connectivity index (χ4n) is 3.93. The first-order valence-corrected chi connectivity index (χ1v) is 11.4. The van der Waals surface area contributed by atoms with Gasteiger partial charge in [0.1, 0.15) is 11.8 Å². The van der Waals surface area contributed by atoms with Crippen LogP contribution in [0.3, 0.4) is 0 Å². The Hall–Kier alpha value is -3.11. The zero-order chi connectivity index (χ0) is 23.5. The Morgan fingerprint density at radius 1 is 1.16 bits per heavy atom. The summed E-state index contributed by atoms with van der Waals surface area (Å²) in [7, 11) is 0.0677. The molecule has 1 saturated heterocycles. The summed E-state index contributed by atoms with van der Waals surface area (Å²) < 4.78 is 37.6. The number of carboxylic acid groups (broad SMARTS) is 1. The molecule has 0 amide bonds. The van der Waals surface area contributed by atoms with E-state index in [1.165, 1.54) is 51.6 Å². The first-order chi connectivity index (χ1) is 15.2. The second kappa shape index (κ2) is 9.58. The minimum absolute atomic E-state index is 0.000511. The minimum atomic E-state index is -4.06. The number of aromatic carboxylic acids is 1. The highest BCUT2D eigenvalue weighted by Crippen LogP contribution is 2.33. The summed E-state index contributed by atoms with van der Waals surface area (Å²) in [5.74, 6) is -1.11. The van der Waals surface area contributed by atoms with Crippen LogP contribution in [0.5, 0.6) is 5.75 Å². The maximum absolute atomic E-state index is 13.3. The van der Waals surface area contributed by atoms with E-state index in [1.807, 2.05) is 4.90 Å². The van der Waals surface area contributed by atoms with E-state index in [1.54, 1.807) is 12.1 Å². The van der Waals surface area contributed by atoms with Crippen LogP contribution in [0.15, 0.2) is 47.4 Å². The van der Waals surface area contributed by atoms with Gasteiger partial charge >= 0.3 is 11.9 Å². The number of carbonyl (C=O) groups excluding carboxylic acids is 1. The number of hydrogen-bond donors (Lipinski definition) is 1. The first-order valence-electron chi connectivity index (χ1n) is 10.0. The Morgan fingerprint density at radius 2 is 1.84 bits per heavy atom. The van der Waals surface area contributed by atoms with Gasteiger partial charge in [0.25, 0.3) is 10.0 Å². The van der Waals surface area contributed by atoms with Crippen LogP contribution >= 0.6 is 0 Å². The molecule has 1 aliphatic rings. The number of nitrogens with zero attached hydrogens (tertiary/aromatic N) is 2. The number of rotatable bonds is 8. The normalized spacial score (nSPS) is 16.5. The molecule has 0 radical (unpaired) electrons. The average Bonchev–Trinajstić information content (AvgIpc) is 3.26. The highest BCUT2D eigenvalue weighted by Gasteiger charge is 2.34. The quantitative estimate of drug-likeness (QED) is 0.595. The second-order valence-corrected chi connectivity index (χ2v) is 9.39. The van der Waals surface area contributed by atoms with E-state index in [2.05, 4.69) is 0 Å². The molecule has 0 spiro atoms. The molecule has 0 saturated carbocycles. The van der Waals surface area contributed by atoms with Crippen LogP contribution < -0.4 is 9.04 Å². The number of esters is 1. The lowest BCUT2D eigenvalue weighted by Crippen LogP contribution is -2.37. The zero-order valence-corrected chi connectivity index (χ0v) is 19.0. The van der Waals surface area contributed by atoms with Crippen molar-refractivity contribution in [1.82, 2.24) is 4.90 Å². The van der Waals surface area contributed by atoms with Gasteiger partial charge in [0.05, 0.1) is 30.4 Å². The lowest BCUT2D eigenvalue weighted by Gasteiger charge is -2.28. The number of carboxylic acids is 1. The summed E-state index contributed by atoms with van der Waals surface area (Å²) in [5, 5.41) is 9.76. The van der Waals surface area contributed by atoms with Gasteiger partial charge in [0, 0.05) is 13.6 Å². The fraction of sp³-hybridized carbons (Fsp3) is 0.364. The number of carbonyl (C=O) groups is 2. The number of methoxy groups -OCH3 is 2. The Balaban J connectivity index is 2.04. The molecule has 9 nitrogen and oxygen atoms in total. The molecule has 32 heavy (non-hydrogen) atoms. The van der Waals surface area contributed by atoms with E-state index >= 15 is 0 Å². The van der Waals surface area contributed by atoms with Gasteiger partial charge in [0.2, 0.25) is 0 Å². The first kappa shape index (κ1) is 23.6. The van der Waals surface area contributed by atoms with Crippen LogP contribution in [0.2, 0.25) is 0 Å². The van der Waals surface area contributed by atoms with Gasteiger partial charge in [0.15, 0.2) is 0 Å². The molecule has 1 fully saturated rings. The highest BCUT2D eigenvalue weighted by atomic mass is 32.2. The largest absolute Gasteiger partial charge is 0.497 e. The van der Waals surface area contributed by atoms with Crippen molar-refractivity contribution >= 4 is 27.6 Å². The minimum Gasteiger partial charge on any atom is -0.497 e. The van der Waals surface area contributed by atoms with Crippen LogP contribution in [-0.4, -0.2) is 64.2 Å². The van der Waals surface area contributed by atoms with Crippen molar-refractivity contribution in [2.45, 2.75) is 30.3 Å². The van der Waals surface area contributed by atoms with Gasteiger partial charge in [-0.05, 0) is 55.3 Å². The van der Waals surface area contributed by atoms with Crippen molar-refractivity contribution in [3.8, 4) is 5.75 Å². The SMILES string of the molecule is COC(=O)[C@@H]1CCCN1Cc1cccc(C(=O)O)c1N(C)S(=O)(=O)c1ccc(OC)cc1. The number of likely N-dealkylation sites (tertiary alicyclic amines) is 1. The molecule has 1 atom stereocenters. The summed E-state index contributed by atoms with van der Waals surface area (Å²) in [6.45, 7) is 0.824. The summed E-state index contributed by atoms with van der Waals surface area (Å²) in [6, 6.07) is 10.0. The average molecular weight is 463 g/mol. The van der Waals surface area contributed by atoms with Crippen LogP contribution in [0.4, 0.5) is 5.69 Å². The summed E-state index contributed by atoms with van der Waals surface area (Å²) in [5.41, 5.74) is 0.405. The Bertz CT molecular complexity index is 1100. The van der Waals surface area contributed by atoms with Gasteiger partial charge in [-0.1, -0.05) is 12.1 Å². The maximum Gasteiger partial charge on any atom is 0.337 e. The zero-order valence-electron chi connectivity index (χ0n) is 18.1. The van der Waals surface area contributed by atoms with E-state index in [9.17, 15) is 23.1 Å². The monoisotopic (exact) mass is 462 g/mol. The Morgan fingerprint density at radius 3 is 2.44 bits per heavy atom. The smallest absolute Gasteiger partial charge is 0.337 e. The Kier molecular flexibility index (Phi) is 7.05. The molecule has 3 rings (SSSR count). The van der Waals surface area contributed by atoms with Crippen molar-refractivity contribution in [3.05, 3.63) is 53.6 Å². The number of sulfonamides is 1. The van der Waals surface area contributed by atoms with E-state index in [4.69, 9.17) is 9.47 Å². The molecule has 1 aliphatic heterocycles. The van der Waals surface area contributed by atoms with Gasteiger partial charge in [-0.15, -0.1) is 0 Å². The van der Waals surface area contributed by atoms with Crippen LogP contribution in [-0.2, 0) is 26.1 Å². The van der Waals surface area contributed by atoms with Gasteiger partial charge in [-0.2, -0.15) is 0 Å². The second-order valence-electron chi connectivity index (χ2n) is 7.42. The summed E-state index contributed by atoms with van der Waals surface area (Å²) in [6.07, 6.45) is 1.41. The van der Waals surface area contributed by atoms with E-state index in [-0.39, 0.29) is 28.7 Å². The highest BCUT2D eigenvalue weighted by molar-refractivity contribution is 7.92. The molecular weight excluding hydrogens is 436 g/mol. The maximum atomic E-state index is 13.3. The van der Waals surface area contributed by atoms with Crippen molar-refractivity contribution in [1.29, 1.82) is 0 Å². The number of para-hydroxylation sites is 1. The number of hydrogen-bond acceptors (Lipinski definition) is 7. The van der Waals surface area contributed by atoms with Crippen LogP contribution in [0.1, 0.15) is 28.8 Å². The van der Waals surface area contributed by atoms with Crippen molar-refractivity contribution in [2.24, 2.45) is 0 Å². The van der Waals surface area contributed by atoms with Gasteiger partial charge in [-0.25, -0.2) is 13.2 Å². The third-order valence-corrected chi connectivity index (χ3v) is 7.36. The van der Waals surface area contributed by atoms with Crippen LogP contribution in [0, 0.1) is 0 Å². The molecule has 0 bridgehead atoms. The Labute approximate surface area is 187 Å². The molecule has 1 N–H and O–H groups in total. The van der Waals surface area contributed by atoms with E-state index in [0.29, 0.717) is 24.3 Å². The molecule has 172 valence electrons. The molecule has 0 aliphatic carbocycles. The molecule has 0 aromatic heterocycles. The standard InChI is InChI=1S/C22H26N2O7S/c1-23(32(28,29)17-11-9-16(30-2)10-12-17)20-15(6-4-7-18(20)21(25)26)14-24-13-5-8-19(24)22(27)31-3/h4,6-7,9-12,19H,5,8,13-14H2,1-3H3,(H,25,26)/t19-/m0/s1.